The molecule has 1 fully saturated rings. The van der Waals surface area contributed by atoms with Crippen molar-refractivity contribution in [3.8, 4) is 5.75 Å². The Labute approximate surface area is 240 Å². The molecule has 1 aromatic rings. The zero-order valence-corrected chi connectivity index (χ0v) is 24.8. The Morgan fingerprint density at radius 3 is 1.95 bits per heavy atom. The topological polar surface area (TPSA) is 164 Å². The van der Waals surface area contributed by atoms with E-state index in [0.717, 1.165) is 5.56 Å². The van der Waals surface area contributed by atoms with E-state index in [1.807, 2.05) is 0 Å². The second-order valence-corrected chi connectivity index (χ2v) is 12.0. The first-order chi connectivity index (χ1) is 18.9. The van der Waals surface area contributed by atoms with Crippen molar-refractivity contribution < 1.29 is 52.8 Å². The number of aryl methyl sites for hydroxylation is 1. The smallest absolute Gasteiger partial charge is 0.311 e. The van der Waals surface area contributed by atoms with Crippen LogP contribution in [0.15, 0.2) is 24.3 Å². The highest BCUT2D eigenvalue weighted by Crippen LogP contribution is 2.31. The summed E-state index contributed by atoms with van der Waals surface area (Å²) in [6.07, 6.45) is -4.66. The van der Waals surface area contributed by atoms with Crippen molar-refractivity contribution in [2.75, 3.05) is 6.61 Å². The summed E-state index contributed by atoms with van der Waals surface area (Å²) in [5, 5.41) is 11.6. The molecule has 0 spiro atoms. The monoisotopic (exact) mass is 579 g/mol. The average Bonchev–Trinajstić information content (AvgIpc) is 2.83. The Morgan fingerprint density at radius 1 is 0.878 bits per heavy atom. The van der Waals surface area contributed by atoms with Crippen LogP contribution >= 0.6 is 0 Å². The number of carbonyl (C=O) groups excluding carboxylic acids is 4. The number of carboxylic acid groups (broad SMARTS) is 1. The van der Waals surface area contributed by atoms with Gasteiger partial charge in [0.1, 0.15) is 24.5 Å². The number of hydrogen-bond acceptors (Lipinski definition) is 10. The molecule has 2 rings (SSSR count). The van der Waals surface area contributed by atoms with E-state index in [0.29, 0.717) is 12.2 Å². The van der Waals surface area contributed by atoms with Crippen molar-refractivity contribution in [1.29, 1.82) is 0 Å². The van der Waals surface area contributed by atoms with Crippen LogP contribution in [0.2, 0.25) is 0 Å². The predicted molar refractivity (Wildman–Crippen MR) is 145 cm³/mol. The number of amides is 1. The van der Waals surface area contributed by atoms with Crippen LogP contribution in [-0.2, 0) is 49.3 Å². The van der Waals surface area contributed by atoms with Gasteiger partial charge < -0.3 is 34.1 Å². The molecule has 1 aromatic carbocycles. The average molecular weight is 580 g/mol. The van der Waals surface area contributed by atoms with Gasteiger partial charge in [0, 0.05) is 20.3 Å². The molecule has 0 radical (unpaired) electrons. The summed E-state index contributed by atoms with van der Waals surface area (Å²) in [6, 6.07) is 5.46. The van der Waals surface area contributed by atoms with Gasteiger partial charge in [-0.2, -0.15) is 0 Å². The third kappa shape index (κ3) is 10.3. The number of benzene rings is 1. The molecule has 228 valence electrons. The SMILES string of the molecule is CC(=O)N[C@@H]1[C@H](Oc2ccc(CCC(=O)O)cc2)O[C@H](COC(=O)C(C)(C)C)[C@@H](OC(C)=O)[C@@H]1OC(=O)C(C)(C)C. The molecular weight excluding hydrogens is 538 g/mol. The highest BCUT2D eigenvalue weighted by Gasteiger charge is 2.53. The van der Waals surface area contributed by atoms with Gasteiger partial charge in [-0.05, 0) is 65.7 Å². The van der Waals surface area contributed by atoms with E-state index in [1.54, 1.807) is 65.8 Å². The van der Waals surface area contributed by atoms with Crippen molar-refractivity contribution >= 4 is 29.8 Å². The minimum Gasteiger partial charge on any atom is -0.481 e. The molecule has 0 bridgehead atoms. The maximum absolute atomic E-state index is 13.0. The first-order valence-corrected chi connectivity index (χ1v) is 13.3. The van der Waals surface area contributed by atoms with Crippen molar-refractivity contribution in [3.05, 3.63) is 29.8 Å². The number of carboxylic acids is 1. The van der Waals surface area contributed by atoms with Crippen molar-refractivity contribution in [2.45, 2.75) is 98.9 Å². The van der Waals surface area contributed by atoms with Crippen LogP contribution in [0.3, 0.4) is 0 Å². The fourth-order valence-corrected chi connectivity index (χ4v) is 3.79. The lowest BCUT2D eigenvalue weighted by Gasteiger charge is -2.45. The fourth-order valence-electron chi connectivity index (χ4n) is 3.79. The molecule has 2 N–H and O–H groups in total. The number of nitrogens with one attached hydrogen (secondary N) is 1. The minimum atomic E-state index is -1.28. The van der Waals surface area contributed by atoms with Crippen LogP contribution in [0.1, 0.15) is 67.4 Å². The molecule has 1 heterocycles. The standard InChI is InChI=1S/C29H41NO11/c1-16(31)30-22-24(41-27(36)29(6,7)8)23(38-17(2)32)20(15-37-26(35)28(3,4)5)40-25(22)39-19-12-9-18(10-13-19)11-14-21(33)34/h9-10,12-13,20,22-25H,11,14-15H2,1-8H3,(H,30,31)(H,33,34)/t20-,22+,23-,24-,25-/m1/s1. The summed E-state index contributed by atoms with van der Waals surface area (Å²) in [6.45, 7) is 12.0. The number of rotatable bonds is 10. The van der Waals surface area contributed by atoms with Crippen LogP contribution in [-0.4, -0.2) is 72.1 Å². The van der Waals surface area contributed by atoms with E-state index in [1.165, 1.54) is 13.8 Å². The lowest BCUT2D eigenvalue weighted by atomic mass is 9.93. The molecule has 0 aromatic heterocycles. The maximum Gasteiger partial charge on any atom is 0.311 e. The van der Waals surface area contributed by atoms with Gasteiger partial charge in [-0.15, -0.1) is 0 Å². The van der Waals surface area contributed by atoms with Gasteiger partial charge in [0.15, 0.2) is 12.2 Å². The van der Waals surface area contributed by atoms with Gasteiger partial charge in [0.2, 0.25) is 12.2 Å². The van der Waals surface area contributed by atoms with Crippen LogP contribution in [0.5, 0.6) is 5.75 Å². The van der Waals surface area contributed by atoms with Crippen molar-refractivity contribution in [3.63, 3.8) is 0 Å². The van der Waals surface area contributed by atoms with Crippen molar-refractivity contribution in [1.82, 2.24) is 5.32 Å². The Kier molecular flexibility index (Phi) is 11.3. The number of aliphatic carboxylic acids is 1. The first-order valence-electron chi connectivity index (χ1n) is 13.3. The Bertz CT molecular complexity index is 1100. The molecule has 1 aliphatic heterocycles. The highest BCUT2D eigenvalue weighted by molar-refractivity contribution is 5.77. The summed E-state index contributed by atoms with van der Waals surface area (Å²) in [4.78, 5) is 60.9. The summed E-state index contributed by atoms with van der Waals surface area (Å²) in [5.41, 5.74) is -1.02. The number of esters is 3. The first kappa shape index (κ1) is 33.5. The van der Waals surface area contributed by atoms with Crippen LogP contribution < -0.4 is 10.1 Å². The van der Waals surface area contributed by atoms with Crippen molar-refractivity contribution in [2.24, 2.45) is 10.8 Å². The Morgan fingerprint density at radius 2 is 1.46 bits per heavy atom. The van der Waals surface area contributed by atoms with Crippen LogP contribution in [0.4, 0.5) is 0 Å². The molecule has 0 saturated carbocycles. The molecule has 12 heteroatoms. The zero-order chi connectivity index (χ0) is 31.1. The molecule has 41 heavy (non-hydrogen) atoms. The van der Waals surface area contributed by atoms with E-state index in [-0.39, 0.29) is 13.0 Å². The van der Waals surface area contributed by atoms with E-state index >= 15 is 0 Å². The summed E-state index contributed by atoms with van der Waals surface area (Å²) >= 11 is 0. The summed E-state index contributed by atoms with van der Waals surface area (Å²) in [5.74, 6) is -2.99. The summed E-state index contributed by atoms with van der Waals surface area (Å²) < 4.78 is 29.0. The fraction of sp³-hybridized carbons (Fsp3) is 0.621. The van der Waals surface area contributed by atoms with Gasteiger partial charge in [-0.3, -0.25) is 24.0 Å². The van der Waals surface area contributed by atoms with Gasteiger partial charge in [0.05, 0.1) is 10.8 Å². The van der Waals surface area contributed by atoms with E-state index in [4.69, 9.17) is 28.8 Å². The molecule has 1 aliphatic rings. The maximum atomic E-state index is 13.0. The molecule has 5 atom stereocenters. The van der Waals surface area contributed by atoms with Gasteiger partial charge in [-0.25, -0.2) is 0 Å². The summed E-state index contributed by atoms with van der Waals surface area (Å²) in [7, 11) is 0. The molecule has 0 aliphatic carbocycles. The van der Waals surface area contributed by atoms with Gasteiger partial charge >= 0.3 is 23.9 Å². The molecule has 12 nitrogen and oxygen atoms in total. The quantitative estimate of drug-likeness (QED) is 0.309. The molecular formula is C29H41NO11. The third-order valence-electron chi connectivity index (χ3n) is 5.97. The minimum absolute atomic E-state index is 0.0378. The highest BCUT2D eigenvalue weighted by atomic mass is 16.7. The lowest BCUT2D eigenvalue weighted by Crippen LogP contribution is -2.67. The zero-order valence-electron chi connectivity index (χ0n) is 24.8. The van der Waals surface area contributed by atoms with E-state index in [2.05, 4.69) is 5.32 Å². The Hall–Kier alpha value is -3.67. The molecule has 0 unspecified atom stereocenters. The van der Waals surface area contributed by atoms with E-state index < -0.39 is 71.3 Å². The van der Waals surface area contributed by atoms with E-state index in [9.17, 15) is 24.0 Å². The third-order valence-corrected chi connectivity index (χ3v) is 5.97. The number of ether oxygens (including phenoxy) is 5. The predicted octanol–water partition coefficient (Wildman–Crippen LogP) is 2.79. The van der Waals surface area contributed by atoms with Crippen LogP contribution in [0, 0.1) is 10.8 Å². The number of hydrogen-bond donors (Lipinski definition) is 2. The van der Waals surface area contributed by atoms with Crippen LogP contribution in [0.25, 0.3) is 0 Å². The largest absolute Gasteiger partial charge is 0.481 e. The second-order valence-electron chi connectivity index (χ2n) is 12.0. The number of carbonyl (C=O) groups is 5. The molecule has 1 saturated heterocycles. The normalized spacial score (nSPS) is 22.7. The lowest BCUT2D eigenvalue weighted by molar-refractivity contribution is -0.259. The van der Waals surface area contributed by atoms with Gasteiger partial charge in [-0.1, -0.05) is 12.1 Å². The molecule has 1 amide bonds. The van der Waals surface area contributed by atoms with Gasteiger partial charge in [0.25, 0.3) is 0 Å². The second kappa shape index (κ2) is 13.8. The Balaban J connectivity index is 2.49.